The summed E-state index contributed by atoms with van der Waals surface area (Å²) in [4.78, 5) is 26.4. The molecule has 7 heteroatoms. The van der Waals surface area contributed by atoms with E-state index in [0.29, 0.717) is 11.3 Å². The third-order valence-electron chi connectivity index (χ3n) is 2.95. The van der Waals surface area contributed by atoms with Crippen molar-refractivity contribution in [2.24, 2.45) is 0 Å². The van der Waals surface area contributed by atoms with Crippen LogP contribution in [0.5, 0.6) is 0 Å². The minimum atomic E-state index is -0.481. The van der Waals surface area contributed by atoms with E-state index < -0.39 is 10.8 Å². The smallest absolute Gasteiger partial charge is 0.274 e. The van der Waals surface area contributed by atoms with Gasteiger partial charge in [0.25, 0.3) is 11.6 Å². The monoisotopic (exact) mass is 286 g/mol. The number of anilines is 2. The number of carbonyl (C=O) groups is 1. The van der Waals surface area contributed by atoms with Crippen LogP contribution in [-0.4, -0.2) is 22.9 Å². The van der Waals surface area contributed by atoms with Crippen LogP contribution in [0.4, 0.5) is 17.1 Å². The number of benzene rings is 1. The first-order valence-electron chi connectivity index (χ1n) is 6.21. The van der Waals surface area contributed by atoms with E-state index in [-0.39, 0.29) is 11.4 Å². The number of amides is 1. The molecule has 0 spiro atoms. The van der Waals surface area contributed by atoms with Crippen molar-refractivity contribution in [3.8, 4) is 0 Å². The third-order valence-corrected chi connectivity index (χ3v) is 2.95. The summed E-state index contributed by atoms with van der Waals surface area (Å²) in [5.41, 5.74) is 1.88. The topological polar surface area (TPSA) is 97.2 Å². The average Bonchev–Trinajstić information content (AvgIpc) is 2.49. The van der Waals surface area contributed by atoms with Crippen molar-refractivity contribution in [1.82, 2.24) is 4.98 Å². The van der Waals surface area contributed by atoms with Gasteiger partial charge in [-0.15, -0.1) is 0 Å². The van der Waals surface area contributed by atoms with E-state index in [1.807, 2.05) is 0 Å². The summed E-state index contributed by atoms with van der Waals surface area (Å²) in [5, 5.41) is 16.4. The molecule has 0 fully saturated rings. The Balaban J connectivity index is 2.19. The quantitative estimate of drug-likeness (QED) is 0.665. The molecule has 0 aliphatic carbocycles. The summed E-state index contributed by atoms with van der Waals surface area (Å²) in [6.07, 6.45) is 1.53. The average molecular weight is 286 g/mol. The van der Waals surface area contributed by atoms with E-state index in [4.69, 9.17) is 0 Å². The molecule has 1 amide bonds. The number of aryl methyl sites for hydroxylation is 1. The molecule has 0 bridgehead atoms. The standard InChI is InChI=1S/C14H14N4O3/c1-9-3-4-10(7-13(9)18(20)21)17-14(19)12-6-5-11(15-2)8-16-12/h3-8,15H,1-2H3,(H,17,19). The zero-order chi connectivity index (χ0) is 15.4. The summed E-state index contributed by atoms with van der Waals surface area (Å²) in [5.74, 6) is -0.421. The maximum absolute atomic E-state index is 12.0. The molecule has 1 aromatic carbocycles. The molecule has 2 aromatic rings. The number of rotatable bonds is 4. The van der Waals surface area contributed by atoms with Crippen LogP contribution < -0.4 is 10.6 Å². The largest absolute Gasteiger partial charge is 0.387 e. The van der Waals surface area contributed by atoms with Crippen molar-refractivity contribution in [3.05, 3.63) is 57.9 Å². The van der Waals surface area contributed by atoms with E-state index in [9.17, 15) is 14.9 Å². The zero-order valence-corrected chi connectivity index (χ0v) is 11.6. The van der Waals surface area contributed by atoms with Crippen LogP contribution >= 0.6 is 0 Å². The molecule has 0 unspecified atom stereocenters. The van der Waals surface area contributed by atoms with Crippen LogP contribution in [0.2, 0.25) is 0 Å². The number of nitrogens with one attached hydrogen (secondary N) is 2. The molecule has 7 nitrogen and oxygen atoms in total. The first kappa shape index (κ1) is 14.4. The van der Waals surface area contributed by atoms with E-state index in [0.717, 1.165) is 5.69 Å². The van der Waals surface area contributed by atoms with Gasteiger partial charge in [0, 0.05) is 24.4 Å². The lowest BCUT2D eigenvalue weighted by Gasteiger charge is -2.06. The predicted octanol–water partition coefficient (Wildman–Crippen LogP) is 2.59. The maximum Gasteiger partial charge on any atom is 0.274 e. The highest BCUT2D eigenvalue weighted by molar-refractivity contribution is 6.03. The van der Waals surface area contributed by atoms with Gasteiger partial charge < -0.3 is 10.6 Å². The molecule has 0 saturated carbocycles. The third kappa shape index (κ3) is 3.33. The van der Waals surface area contributed by atoms with Crippen LogP contribution in [0.3, 0.4) is 0 Å². The Labute approximate surface area is 121 Å². The zero-order valence-electron chi connectivity index (χ0n) is 11.6. The molecule has 0 aliphatic rings. The van der Waals surface area contributed by atoms with Gasteiger partial charge in [-0.2, -0.15) is 0 Å². The molecule has 21 heavy (non-hydrogen) atoms. The molecular weight excluding hydrogens is 272 g/mol. The number of pyridine rings is 1. The lowest BCUT2D eigenvalue weighted by Crippen LogP contribution is -2.13. The summed E-state index contributed by atoms with van der Waals surface area (Å²) in [6, 6.07) is 7.83. The summed E-state index contributed by atoms with van der Waals surface area (Å²) in [6.45, 7) is 1.64. The molecule has 2 N–H and O–H groups in total. The Hall–Kier alpha value is -2.96. The summed E-state index contributed by atoms with van der Waals surface area (Å²) >= 11 is 0. The molecule has 1 heterocycles. The Morgan fingerprint density at radius 2 is 1.95 bits per heavy atom. The number of nitrogens with zero attached hydrogens (tertiary/aromatic N) is 2. The minimum Gasteiger partial charge on any atom is -0.387 e. The Morgan fingerprint density at radius 1 is 1.24 bits per heavy atom. The van der Waals surface area contributed by atoms with E-state index in [1.54, 1.807) is 38.2 Å². The number of hydrogen-bond donors (Lipinski definition) is 2. The minimum absolute atomic E-state index is 0.0358. The second-order valence-electron chi connectivity index (χ2n) is 4.39. The number of aromatic nitrogens is 1. The number of nitro benzene ring substituents is 1. The Morgan fingerprint density at radius 3 is 2.52 bits per heavy atom. The SMILES string of the molecule is CNc1ccc(C(=O)Nc2ccc(C)c([N+](=O)[O-])c2)nc1. The molecule has 0 saturated heterocycles. The fourth-order valence-corrected chi connectivity index (χ4v) is 1.76. The lowest BCUT2D eigenvalue weighted by atomic mass is 10.2. The molecule has 2 rings (SSSR count). The van der Waals surface area contributed by atoms with Gasteiger partial charge in [0.05, 0.1) is 16.8 Å². The highest BCUT2D eigenvalue weighted by atomic mass is 16.6. The van der Waals surface area contributed by atoms with Gasteiger partial charge in [-0.05, 0) is 25.1 Å². The Kier molecular flexibility index (Phi) is 4.13. The van der Waals surface area contributed by atoms with Crippen LogP contribution in [0.25, 0.3) is 0 Å². The van der Waals surface area contributed by atoms with E-state index in [2.05, 4.69) is 15.6 Å². The predicted molar refractivity (Wildman–Crippen MR) is 79.6 cm³/mol. The van der Waals surface area contributed by atoms with Gasteiger partial charge in [-0.3, -0.25) is 14.9 Å². The highest BCUT2D eigenvalue weighted by Crippen LogP contribution is 2.22. The normalized spacial score (nSPS) is 10.0. The van der Waals surface area contributed by atoms with Gasteiger partial charge in [0.1, 0.15) is 5.69 Å². The van der Waals surface area contributed by atoms with Crippen LogP contribution in [0, 0.1) is 17.0 Å². The van der Waals surface area contributed by atoms with Gasteiger partial charge >= 0.3 is 0 Å². The fraction of sp³-hybridized carbons (Fsp3) is 0.143. The van der Waals surface area contributed by atoms with Gasteiger partial charge in [-0.1, -0.05) is 6.07 Å². The second kappa shape index (κ2) is 6.00. The van der Waals surface area contributed by atoms with Crippen molar-refractivity contribution < 1.29 is 9.72 Å². The molecule has 0 atom stereocenters. The van der Waals surface area contributed by atoms with Crippen molar-refractivity contribution in [2.75, 3.05) is 17.7 Å². The number of nitro groups is 1. The summed E-state index contributed by atoms with van der Waals surface area (Å²) in [7, 11) is 1.75. The van der Waals surface area contributed by atoms with Crippen LogP contribution in [0.15, 0.2) is 36.5 Å². The van der Waals surface area contributed by atoms with Gasteiger partial charge in [0.15, 0.2) is 0 Å². The molecular formula is C14H14N4O3. The van der Waals surface area contributed by atoms with Crippen molar-refractivity contribution in [3.63, 3.8) is 0 Å². The molecule has 0 aliphatic heterocycles. The lowest BCUT2D eigenvalue weighted by molar-refractivity contribution is -0.385. The maximum atomic E-state index is 12.0. The van der Waals surface area contributed by atoms with Crippen LogP contribution in [0.1, 0.15) is 16.1 Å². The van der Waals surface area contributed by atoms with Crippen molar-refractivity contribution >= 4 is 23.0 Å². The molecule has 1 aromatic heterocycles. The van der Waals surface area contributed by atoms with Gasteiger partial charge in [-0.25, -0.2) is 4.98 Å². The fourth-order valence-electron chi connectivity index (χ4n) is 1.76. The van der Waals surface area contributed by atoms with Gasteiger partial charge in [0.2, 0.25) is 0 Å². The van der Waals surface area contributed by atoms with E-state index in [1.165, 1.54) is 12.3 Å². The first-order chi connectivity index (χ1) is 10.0. The summed E-state index contributed by atoms with van der Waals surface area (Å²) < 4.78 is 0. The molecule has 0 radical (unpaired) electrons. The van der Waals surface area contributed by atoms with Crippen molar-refractivity contribution in [2.45, 2.75) is 6.92 Å². The number of carbonyl (C=O) groups excluding carboxylic acids is 1. The Bertz CT molecular complexity index is 683. The molecule has 108 valence electrons. The van der Waals surface area contributed by atoms with Crippen LogP contribution in [-0.2, 0) is 0 Å². The van der Waals surface area contributed by atoms with Crippen molar-refractivity contribution in [1.29, 1.82) is 0 Å². The highest BCUT2D eigenvalue weighted by Gasteiger charge is 2.13. The number of hydrogen-bond acceptors (Lipinski definition) is 5. The van der Waals surface area contributed by atoms with E-state index >= 15 is 0 Å². The first-order valence-corrected chi connectivity index (χ1v) is 6.21. The second-order valence-corrected chi connectivity index (χ2v) is 4.39.